The van der Waals surface area contributed by atoms with Crippen LogP contribution in [0.25, 0.3) is 0 Å². The lowest BCUT2D eigenvalue weighted by atomic mass is 10.1. The molecule has 1 aliphatic rings. The van der Waals surface area contributed by atoms with Crippen LogP contribution in [0.1, 0.15) is 39.7 Å². The van der Waals surface area contributed by atoms with Crippen molar-refractivity contribution >= 4 is 27.5 Å². The summed E-state index contributed by atoms with van der Waals surface area (Å²) in [5, 5.41) is 2.92. The van der Waals surface area contributed by atoms with Gasteiger partial charge in [-0.1, -0.05) is 37.3 Å². The molecule has 2 amide bonds. The smallest absolute Gasteiger partial charge is 0.244 e. The largest absolute Gasteiger partial charge is 0.486 e. The highest BCUT2D eigenvalue weighted by molar-refractivity contribution is 7.92. The fourth-order valence-electron chi connectivity index (χ4n) is 3.74. The molecule has 0 spiro atoms. The average Bonchev–Trinajstić information content (AvgIpc) is 2.89. The first-order chi connectivity index (χ1) is 17.2. The monoisotopic (exact) mass is 517 g/mol. The van der Waals surface area contributed by atoms with E-state index in [1.54, 1.807) is 25.1 Å². The third-order valence-corrected chi connectivity index (χ3v) is 7.90. The number of ether oxygens (including phenoxy) is 2. The van der Waals surface area contributed by atoms with Crippen LogP contribution >= 0.6 is 0 Å². The number of nitrogens with one attached hydrogen (secondary N) is 1. The second-order valence-electron chi connectivity index (χ2n) is 8.74. The van der Waals surface area contributed by atoms with Crippen LogP contribution < -0.4 is 19.1 Å². The van der Waals surface area contributed by atoms with Crippen LogP contribution in [0.2, 0.25) is 0 Å². The zero-order valence-electron chi connectivity index (χ0n) is 21.3. The van der Waals surface area contributed by atoms with Crippen LogP contribution in [0.15, 0.2) is 48.5 Å². The van der Waals surface area contributed by atoms with Crippen LogP contribution in [0.4, 0.5) is 5.69 Å². The molecular formula is C26H35N3O6S. The van der Waals surface area contributed by atoms with Crippen molar-refractivity contribution in [3.05, 3.63) is 54.1 Å². The highest BCUT2D eigenvalue weighted by Gasteiger charge is 2.31. The third-order valence-electron chi connectivity index (χ3n) is 6.16. The van der Waals surface area contributed by atoms with E-state index in [9.17, 15) is 18.0 Å². The van der Waals surface area contributed by atoms with E-state index in [0.29, 0.717) is 30.4 Å². The molecule has 196 valence electrons. The van der Waals surface area contributed by atoms with E-state index < -0.39 is 28.5 Å². The van der Waals surface area contributed by atoms with Gasteiger partial charge in [-0.15, -0.1) is 0 Å². The molecule has 36 heavy (non-hydrogen) atoms. The van der Waals surface area contributed by atoms with Crippen LogP contribution in [0, 0.1) is 0 Å². The molecule has 9 nitrogen and oxygen atoms in total. The predicted molar refractivity (Wildman–Crippen MR) is 139 cm³/mol. The van der Waals surface area contributed by atoms with Gasteiger partial charge in [-0.25, -0.2) is 8.42 Å². The molecule has 0 radical (unpaired) electrons. The zero-order chi connectivity index (χ0) is 26.3. The quantitative estimate of drug-likeness (QED) is 0.491. The molecule has 0 unspecified atom stereocenters. The Kier molecular flexibility index (Phi) is 9.19. The normalized spacial score (nSPS) is 14.4. The SMILES string of the molecule is CC[C@H](C)NC(=O)[C@@H](C)N(Cc1ccccc1)C(=O)CN(c1ccc2c(c1)OCCO2)S(=O)(=O)CC. The summed E-state index contributed by atoms with van der Waals surface area (Å²) in [5.41, 5.74) is 1.13. The number of amides is 2. The summed E-state index contributed by atoms with van der Waals surface area (Å²) < 4.78 is 38.4. The molecule has 0 aromatic heterocycles. The lowest BCUT2D eigenvalue weighted by Gasteiger charge is -2.32. The maximum Gasteiger partial charge on any atom is 0.244 e. The van der Waals surface area contributed by atoms with Crippen molar-refractivity contribution < 1.29 is 27.5 Å². The van der Waals surface area contributed by atoms with Crippen molar-refractivity contribution in [2.75, 3.05) is 29.8 Å². The van der Waals surface area contributed by atoms with Crippen LogP contribution in [-0.4, -0.2) is 62.7 Å². The van der Waals surface area contributed by atoms with Gasteiger partial charge in [0.25, 0.3) is 0 Å². The molecule has 2 aromatic rings. The van der Waals surface area contributed by atoms with Gasteiger partial charge < -0.3 is 19.7 Å². The maximum atomic E-state index is 13.7. The molecule has 3 rings (SSSR count). The number of hydrogen-bond acceptors (Lipinski definition) is 6. The molecule has 0 saturated heterocycles. The fraction of sp³-hybridized carbons (Fsp3) is 0.462. The Hall–Kier alpha value is -3.27. The van der Waals surface area contributed by atoms with Crippen molar-refractivity contribution in [1.82, 2.24) is 10.2 Å². The van der Waals surface area contributed by atoms with E-state index >= 15 is 0 Å². The number of fused-ring (bicyclic) bond motifs is 1. The average molecular weight is 518 g/mol. The molecule has 0 fully saturated rings. The molecule has 2 aromatic carbocycles. The van der Waals surface area contributed by atoms with Crippen LogP contribution in [0.5, 0.6) is 11.5 Å². The molecule has 0 saturated carbocycles. The summed E-state index contributed by atoms with van der Waals surface area (Å²) in [5.74, 6) is -0.0381. The van der Waals surface area contributed by atoms with E-state index in [0.717, 1.165) is 16.3 Å². The summed E-state index contributed by atoms with van der Waals surface area (Å²) in [7, 11) is -3.82. The minimum absolute atomic E-state index is 0.0525. The van der Waals surface area contributed by atoms with Gasteiger partial charge in [0.2, 0.25) is 21.8 Å². The molecule has 10 heteroatoms. The molecule has 0 bridgehead atoms. The van der Waals surface area contributed by atoms with E-state index in [2.05, 4.69) is 5.32 Å². The first-order valence-corrected chi connectivity index (χ1v) is 13.8. The number of anilines is 1. The fourth-order valence-corrected chi connectivity index (χ4v) is 4.79. The topological polar surface area (TPSA) is 105 Å². The number of sulfonamides is 1. The van der Waals surface area contributed by atoms with E-state index in [1.807, 2.05) is 44.2 Å². The van der Waals surface area contributed by atoms with E-state index in [-0.39, 0.29) is 24.2 Å². The van der Waals surface area contributed by atoms with Crippen LogP contribution in [-0.2, 0) is 26.2 Å². The Bertz CT molecular complexity index is 1160. The third kappa shape index (κ3) is 6.69. The van der Waals surface area contributed by atoms with Gasteiger partial charge in [-0.3, -0.25) is 13.9 Å². The van der Waals surface area contributed by atoms with Crippen molar-refractivity contribution in [1.29, 1.82) is 0 Å². The minimum Gasteiger partial charge on any atom is -0.486 e. The second kappa shape index (κ2) is 12.1. The summed E-state index contributed by atoms with van der Waals surface area (Å²) in [6.45, 7) is 7.50. The Morgan fingerprint density at radius 3 is 2.31 bits per heavy atom. The van der Waals surface area contributed by atoms with E-state index in [4.69, 9.17) is 9.47 Å². The highest BCUT2D eigenvalue weighted by Crippen LogP contribution is 2.35. The second-order valence-corrected chi connectivity index (χ2v) is 10.9. The number of rotatable bonds is 11. The van der Waals surface area contributed by atoms with Gasteiger partial charge in [0.1, 0.15) is 25.8 Å². The summed E-state index contributed by atoms with van der Waals surface area (Å²) in [6.07, 6.45) is 0.748. The Morgan fingerprint density at radius 1 is 1.00 bits per heavy atom. The molecule has 2 atom stereocenters. The van der Waals surface area contributed by atoms with Gasteiger partial charge in [0.05, 0.1) is 11.4 Å². The summed E-state index contributed by atoms with van der Waals surface area (Å²) >= 11 is 0. The maximum absolute atomic E-state index is 13.7. The van der Waals surface area contributed by atoms with Gasteiger partial charge in [0, 0.05) is 18.7 Å². The van der Waals surface area contributed by atoms with Gasteiger partial charge in [-0.2, -0.15) is 0 Å². The van der Waals surface area contributed by atoms with Crippen molar-refractivity contribution in [2.24, 2.45) is 0 Å². The summed E-state index contributed by atoms with van der Waals surface area (Å²) in [6, 6.07) is 13.2. The first-order valence-electron chi connectivity index (χ1n) is 12.2. The van der Waals surface area contributed by atoms with Gasteiger partial charge in [-0.05, 0) is 44.9 Å². The number of nitrogens with zero attached hydrogens (tertiary/aromatic N) is 2. The van der Waals surface area contributed by atoms with Crippen molar-refractivity contribution in [3.63, 3.8) is 0 Å². The van der Waals surface area contributed by atoms with Crippen molar-refractivity contribution in [3.8, 4) is 11.5 Å². The van der Waals surface area contributed by atoms with E-state index in [1.165, 1.54) is 11.8 Å². The number of hydrogen-bond donors (Lipinski definition) is 1. The standard InChI is InChI=1S/C26H35N3O6S/c1-5-19(3)27-26(31)20(4)28(17-21-10-8-7-9-11-21)25(30)18-29(36(32,33)6-2)22-12-13-23-24(16-22)35-15-14-34-23/h7-13,16,19-20H,5-6,14-15,17-18H2,1-4H3,(H,27,31)/t19-,20+/m0/s1. The van der Waals surface area contributed by atoms with Gasteiger partial charge in [0.15, 0.2) is 11.5 Å². The Morgan fingerprint density at radius 2 is 1.67 bits per heavy atom. The molecule has 1 aliphatic heterocycles. The molecular weight excluding hydrogens is 482 g/mol. The van der Waals surface area contributed by atoms with Crippen molar-refractivity contribution in [2.45, 2.75) is 52.7 Å². The predicted octanol–water partition coefficient (Wildman–Crippen LogP) is 2.95. The highest BCUT2D eigenvalue weighted by atomic mass is 32.2. The summed E-state index contributed by atoms with van der Waals surface area (Å²) in [4.78, 5) is 28.0. The Balaban J connectivity index is 1.92. The Labute approximate surface area is 213 Å². The number of benzene rings is 2. The number of carbonyl (C=O) groups excluding carboxylic acids is 2. The molecule has 1 heterocycles. The zero-order valence-corrected chi connectivity index (χ0v) is 22.1. The molecule has 1 N–H and O–H groups in total. The van der Waals surface area contributed by atoms with Crippen LogP contribution in [0.3, 0.4) is 0 Å². The first kappa shape index (κ1) is 27.3. The molecule has 0 aliphatic carbocycles. The minimum atomic E-state index is -3.82. The lowest BCUT2D eigenvalue weighted by Crippen LogP contribution is -2.52. The lowest BCUT2D eigenvalue weighted by molar-refractivity contribution is -0.139. The van der Waals surface area contributed by atoms with Gasteiger partial charge >= 0.3 is 0 Å². The number of carbonyl (C=O) groups is 2.